The Hall–Kier alpha value is -2.57. The van der Waals surface area contributed by atoms with E-state index in [9.17, 15) is 22.8 Å². The number of alkyl halides is 3. The molecule has 0 aliphatic heterocycles. The van der Waals surface area contributed by atoms with Crippen LogP contribution in [-0.4, -0.2) is 64.1 Å². The highest BCUT2D eigenvalue weighted by atomic mass is 19.4. The summed E-state index contributed by atoms with van der Waals surface area (Å²) >= 11 is 0. The normalized spacial score (nSPS) is 11.5. The number of rotatable bonds is 11. The van der Waals surface area contributed by atoms with Gasteiger partial charge in [-0.3, -0.25) is 15.9 Å². The first-order valence-electron chi connectivity index (χ1n) is 7.96. The van der Waals surface area contributed by atoms with Crippen LogP contribution >= 0.6 is 0 Å². The van der Waals surface area contributed by atoms with Gasteiger partial charge in [0.05, 0.1) is 20.3 Å². The first-order valence-corrected chi connectivity index (χ1v) is 7.96. The second-order valence-electron chi connectivity index (χ2n) is 5.26. The SMILES string of the molecule is COCC(COC(=O)OC)C(=O)OCCCCCC(N)=[NH2+].O=C([O-])C(F)(F)F. The van der Waals surface area contributed by atoms with Gasteiger partial charge in [0.25, 0.3) is 0 Å². The van der Waals surface area contributed by atoms with Gasteiger partial charge in [0, 0.05) is 13.5 Å². The van der Waals surface area contributed by atoms with Crippen molar-refractivity contribution in [2.24, 2.45) is 11.7 Å². The molecule has 0 rings (SSSR count). The van der Waals surface area contributed by atoms with Gasteiger partial charge in [-0.1, -0.05) is 0 Å². The van der Waals surface area contributed by atoms with E-state index in [1.54, 1.807) is 0 Å². The van der Waals surface area contributed by atoms with Gasteiger partial charge in [0.15, 0.2) is 0 Å². The summed E-state index contributed by atoms with van der Waals surface area (Å²) in [5.41, 5.74) is 5.34. The molecule has 0 aromatic heterocycles. The number of carboxylic acids is 1. The van der Waals surface area contributed by atoms with Crippen LogP contribution in [-0.2, 0) is 28.5 Å². The highest BCUT2D eigenvalue weighted by Gasteiger charge is 2.28. The van der Waals surface area contributed by atoms with Crippen molar-refractivity contribution in [1.29, 1.82) is 0 Å². The molecule has 0 radical (unpaired) electrons. The van der Waals surface area contributed by atoms with Gasteiger partial charge in [-0.05, 0) is 19.3 Å². The van der Waals surface area contributed by atoms with Gasteiger partial charge in [-0.15, -0.1) is 0 Å². The van der Waals surface area contributed by atoms with Crippen molar-refractivity contribution in [3.05, 3.63) is 0 Å². The number of unbranched alkanes of at least 4 members (excludes halogenated alkanes) is 2. The van der Waals surface area contributed by atoms with Gasteiger partial charge >= 0.3 is 18.3 Å². The Morgan fingerprint density at radius 1 is 1.07 bits per heavy atom. The molecule has 1 unspecified atom stereocenters. The van der Waals surface area contributed by atoms with Crippen molar-refractivity contribution >= 4 is 23.9 Å². The Balaban J connectivity index is 0. The van der Waals surface area contributed by atoms with Crippen LogP contribution in [0, 0.1) is 5.92 Å². The van der Waals surface area contributed by atoms with Gasteiger partial charge in [0.2, 0.25) is 5.84 Å². The molecule has 0 amide bonds. The molecular formula is C15H25F3N2O8. The number of hydrogen-bond donors (Lipinski definition) is 2. The number of methoxy groups -OCH3 is 2. The summed E-state index contributed by atoms with van der Waals surface area (Å²) in [7, 11) is 2.64. The lowest BCUT2D eigenvalue weighted by Crippen LogP contribution is -2.45. The standard InChI is InChI=1S/C13H24N2O6.C2HF3O2/c1-18-8-10(9-21-13(17)19-2)12(16)20-7-5-3-4-6-11(14)15;3-2(4,5)1(6)7/h10H,3-9H2,1-2H3,(H3,14,15);(H,6,7). The van der Waals surface area contributed by atoms with Crippen molar-refractivity contribution in [3.63, 3.8) is 0 Å². The van der Waals surface area contributed by atoms with Crippen LogP contribution in [0.3, 0.4) is 0 Å². The van der Waals surface area contributed by atoms with Crippen LogP contribution in [0.4, 0.5) is 18.0 Å². The van der Waals surface area contributed by atoms with E-state index in [4.69, 9.17) is 35.3 Å². The lowest BCUT2D eigenvalue weighted by atomic mass is 10.2. The minimum Gasteiger partial charge on any atom is -0.542 e. The summed E-state index contributed by atoms with van der Waals surface area (Å²) < 4.78 is 50.6. The van der Waals surface area contributed by atoms with Crippen molar-refractivity contribution in [1.82, 2.24) is 0 Å². The summed E-state index contributed by atoms with van der Waals surface area (Å²) in [6.45, 7) is 0.258. The number of aliphatic carboxylic acids is 1. The van der Waals surface area contributed by atoms with E-state index in [1.165, 1.54) is 14.2 Å². The van der Waals surface area contributed by atoms with Crippen LogP contribution < -0.4 is 16.2 Å². The topological polar surface area (TPSA) is 163 Å². The zero-order chi connectivity index (χ0) is 22.2. The van der Waals surface area contributed by atoms with Crippen LogP contribution in [0.1, 0.15) is 25.7 Å². The lowest BCUT2D eigenvalue weighted by Gasteiger charge is -2.14. The molecule has 0 saturated carbocycles. The molecule has 0 bridgehead atoms. The number of carboxylic acid groups (broad SMARTS) is 1. The Kier molecular flexibility index (Phi) is 15.3. The zero-order valence-corrected chi connectivity index (χ0v) is 15.6. The number of amidine groups is 1. The Morgan fingerprint density at radius 2 is 1.64 bits per heavy atom. The first kappa shape index (κ1) is 27.6. The van der Waals surface area contributed by atoms with E-state index in [1.807, 2.05) is 0 Å². The summed E-state index contributed by atoms with van der Waals surface area (Å²) in [5, 5.41) is 14.1. The fraction of sp³-hybridized carbons (Fsp3) is 0.733. The average molecular weight is 418 g/mol. The molecule has 10 nitrogen and oxygen atoms in total. The summed E-state index contributed by atoms with van der Waals surface area (Å²) in [6, 6.07) is 0. The molecular weight excluding hydrogens is 393 g/mol. The molecule has 13 heteroatoms. The molecule has 0 aliphatic rings. The van der Waals surface area contributed by atoms with E-state index in [0.29, 0.717) is 18.9 Å². The third kappa shape index (κ3) is 16.9. The van der Waals surface area contributed by atoms with E-state index in [0.717, 1.165) is 19.3 Å². The lowest BCUT2D eigenvalue weighted by molar-refractivity contribution is -0.344. The predicted molar refractivity (Wildman–Crippen MR) is 85.3 cm³/mol. The molecule has 28 heavy (non-hydrogen) atoms. The molecule has 0 aromatic rings. The van der Waals surface area contributed by atoms with Crippen LogP contribution in [0.25, 0.3) is 0 Å². The number of carbonyl (C=O) groups excluding carboxylic acids is 3. The van der Waals surface area contributed by atoms with Crippen molar-refractivity contribution < 1.29 is 57.0 Å². The van der Waals surface area contributed by atoms with Gasteiger partial charge in [-0.25, -0.2) is 4.79 Å². The number of carbonyl (C=O) groups is 3. The minimum absolute atomic E-state index is 0.106. The smallest absolute Gasteiger partial charge is 0.508 e. The molecule has 164 valence electrons. The maximum atomic E-state index is 11.8. The molecule has 1 atom stereocenters. The number of ether oxygens (including phenoxy) is 4. The van der Waals surface area contributed by atoms with Crippen LogP contribution in [0.5, 0.6) is 0 Å². The third-order valence-electron chi connectivity index (χ3n) is 2.86. The maximum absolute atomic E-state index is 11.8. The first-order chi connectivity index (χ1) is 12.9. The molecule has 4 N–H and O–H groups in total. The monoisotopic (exact) mass is 418 g/mol. The van der Waals surface area contributed by atoms with Crippen LogP contribution in [0.15, 0.2) is 0 Å². The highest BCUT2D eigenvalue weighted by Crippen LogP contribution is 2.11. The Labute approximate surface area is 159 Å². The number of hydrogen-bond acceptors (Lipinski definition) is 8. The van der Waals surface area contributed by atoms with Crippen molar-refractivity contribution in [2.45, 2.75) is 31.9 Å². The highest BCUT2D eigenvalue weighted by molar-refractivity contribution is 5.74. The Bertz CT molecular complexity index is 500. The molecule has 0 aromatic carbocycles. The molecule has 0 spiro atoms. The van der Waals surface area contributed by atoms with E-state index in [-0.39, 0.29) is 13.2 Å². The summed E-state index contributed by atoms with van der Waals surface area (Å²) in [5.74, 6) is -3.73. The maximum Gasteiger partial charge on any atom is 0.508 e. The fourth-order valence-electron chi connectivity index (χ4n) is 1.51. The fourth-order valence-corrected chi connectivity index (χ4v) is 1.51. The quantitative estimate of drug-likeness (QED) is 0.177. The van der Waals surface area contributed by atoms with Gasteiger partial charge < -0.3 is 28.8 Å². The predicted octanol–water partition coefficient (Wildman–Crippen LogP) is -1.45. The second-order valence-corrected chi connectivity index (χ2v) is 5.26. The number of esters is 1. The summed E-state index contributed by atoms with van der Waals surface area (Å²) in [6.07, 6.45) is -2.95. The van der Waals surface area contributed by atoms with Gasteiger partial charge in [-0.2, -0.15) is 13.2 Å². The van der Waals surface area contributed by atoms with E-state index >= 15 is 0 Å². The minimum atomic E-state index is -5.19. The summed E-state index contributed by atoms with van der Waals surface area (Å²) in [4.78, 5) is 31.5. The third-order valence-corrected chi connectivity index (χ3v) is 2.86. The van der Waals surface area contributed by atoms with Gasteiger partial charge in [0.1, 0.15) is 18.5 Å². The van der Waals surface area contributed by atoms with Crippen LogP contribution in [0.2, 0.25) is 0 Å². The second kappa shape index (κ2) is 15.5. The number of halogens is 3. The molecule has 0 saturated heterocycles. The zero-order valence-electron chi connectivity index (χ0n) is 15.6. The number of nitrogens with two attached hydrogens (primary N) is 2. The molecule has 0 heterocycles. The van der Waals surface area contributed by atoms with Crippen molar-refractivity contribution in [3.8, 4) is 0 Å². The molecule has 0 aliphatic carbocycles. The Morgan fingerprint density at radius 3 is 2.07 bits per heavy atom. The average Bonchev–Trinajstić information content (AvgIpc) is 2.60. The molecule has 0 fully saturated rings. The van der Waals surface area contributed by atoms with E-state index in [2.05, 4.69) is 4.74 Å². The van der Waals surface area contributed by atoms with E-state index < -0.39 is 30.2 Å². The largest absolute Gasteiger partial charge is 0.542 e. The van der Waals surface area contributed by atoms with Crippen molar-refractivity contribution in [2.75, 3.05) is 34.0 Å².